The van der Waals surface area contributed by atoms with Crippen LogP contribution >= 0.6 is 7.82 Å². The molecule has 8 nitrogen and oxygen atoms in total. The van der Waals surface area contributed by atoms with Gasteiger partial charge in [-0.25, -0.2) is 4.57 Å². The highest BCUT2D eigenvalue weighted by Gasteiger charge is 2.27. The van der Waals surface area contributed by atoms with Gasteiger partial charge in [-0.15, -0.1) is 0 Å². The number of phosphoric ester groups is 1. The van der Waals surface area contributed by atoms with E-state index < -0.39 is 20.0 Å². The number of rotatable bonds is 60. The minimum Gasteiger partial charge on any atom is -0.387 e. The Hall–Kier alpha value is -2.32. The largest absolute Gasteiger partial charge is 0.472 e. The lowest BCUT2D eigenvalue weighted by Crippen LogP contribution is -2.45. The zero-order valence-electron chi connectivity index (χ0n) is 51.9. The number of nitrogens with zero attached hydrogens (tertiary/aromatic N) is 1. The number of unbranched alkanes of at least 4 members (excludes halogenated alkanes) is 35. The van der Waals surface area contributed by atoms with Gasteiger partial charge in [0.15, 0.2) is 0 Å². The van der Waals surface area contributed by atoms with Gasteiger partial charge in [0.1, 0.15) is 13.2 Å². The van der Waals surface area contributed by atoms with E-state index in [2.05, 4.69) is 92.1 Å². The van der Waals surface area contributed by atoms with Crippen molar-refractivity contribution in [2.45, 2.75) is 309 Å². The molecule has 0 aromatic heterocycles. The second kappa shape index (κ2) is 59.3. The van der Waals surface area contributed by atoms with Crippen LogP contribution in [0.3, 0.4) is 0 Å². The van der Waals surface area contributed by atoms with Crippen molar-refractivity contribution in [3.63, 3.8) is 0 Å². The number of carbonyl (C=O) groups excluding carboxylic acids is 1. The van der Waals surface area contributed by atoms with Crippen LogP contribution in [0.5, 0.6) is 0 Å². The Morgan fingerprint density at radius 2 is 0.782 bits per heavy atom. The van der Waals surface area contributed by atoms with Gasteiger partial charge in [0.2, 0.25) is 5.91 Å². The van der Waals surface area contributed by atoms with Crippen LogP contribution in [-0.2, 0) is 18.4 Å². The van der Waals surface area contributed by atoms with Crippen molar-refractivity contribution in [2.75, 3.05) is 40.9 Å². The molecule has 78 heavy (non-hydrogen) atoms. The lowest BCUT2D eigenvalue weighted by atomic mass is 10.0. The molecule has 0 aromatic carbocycles. The van der Waals surface area contributed by atoms with Gasteiger partial charge >= 0.3 is 7.82 Å². The molecule has 0 rings (SSSR count). The fraction of sp³-hybridized carbons (Fsp3) is 0.783. The molecule has 0 spiro atoms. The average Bonchev–Trinajstić information content (AvgIpc) is 3.41. The molecule has 0 aliphatic rings. The maximum atomic E-state index is 13.0. The molecule has 0 heterocycles. The number of quaternary nitrogens is 1. The minimum absolute atomic E-state index is 0.0508. The van der Waals surface area contributed by atoms with Crippen molar-refractivity contribution >= 4 is 13.7 Å². The van der Waals surface area contributed by atoms with E-state index in [4.69, 9.17) is 9.05 Å². The number of amides is 1. The van der Waals surface area contributed by atoms with E-state index in [9.17, 15) is 19.4 Å². The van der Waals surface area contributed by atoms with E-state index in [1.165, 1.54) is 205 Å². The first-order valence-electron chi connectivity index (χ1n) is 33.0. The summed E-state index contributed by atoms with van der Waals surface area (Å²) in [6, 6.07) is -0.876. The van der Waals surface area contributed by atoms with Crippen LogP contribution in [0.15, 0.2) is 85.1 Å². The van der Waals surface area contributed by atoms with Crippen LogP contribution in [0.2, 0.25) is 0 Å². The molecule has 0 fully saturated rings. The fourth-order valence-electron chi connectivity index (χ4n) is 9.48. The molecule has 0 saturated carbocycles. The summed E-state index contributed by atoms with van der Waals surface area (Å²) in [5.74, 6) is -0.191. The molecular weight excluding hydrogens is 984 g/mol. The van der Waals surface area contributed by atoms with Crippen LogP contribution in [0.4, 0.5) is 0 Å². The van der Waals surface area contributed by atoms with Gasteiger partial charge in [0.05, 0.1) is 39.9 Å². The predicted molar refractivity (Wildman–Crippen MR) is 341 cm³/mol. The Balaban J connectivity index is 4.19. The lowest BCUT2D eigenvalue weighted by Gasteiger charge is -2.25. The Morgan fingerprint density at radius 3 is 1.18 bits per heavy atom. The molecule has 1 amide bonds. The Bertz CT molecular complexity index is 1550. The van der Waals surface area contributed by atoms with Gasteiger partial charge in [-0.2, -0.15) is 0 Å². The van der Waals surface area contributed by atoms with Crippen molar-refractivity contribution in [1.29, 1.82) is 0 Å². The van der Waals surface area contributed by atoms with E-state index >= 15 is 0 Å². The van der Waals surface area contributed by atoms with Crippen molar-refractivity contribution in [3.8, 4) is 0 Å². The smallest absolute Gasteiger partial charge is 0.387 e. The molecule has 3 unspecified atom stereocenters. The van der Waals surface area contributed by atoms with Gasteiger partial charge in [0, 0.05) is 6.42 Å². The van der Waals surface area contributed by atoms with Crippen molar-refractivity contribution < 1.29 is 32.9 Å². The van der Waals surface area contributed by atoms with Crippen molar-refractivity contribution in [2.24, 2.45) is 0 Å². The summed E-state index contributed by atoms with van der Waals surface area (Å²) >= 11 is 0. The highest BCUT2D eigenvalue weighted by atomic mass is 31.2. The Kier molecular flexibility index (Phi) is 57.5. The molecule has 3 atom stereocenters. The maximum Gasteiger partial charge on any atom is 0.472 e. The molecule has 0 aliphatic heterocycles. The molecule has 454 valence electrons. The molecule has 0 aromatic rings. The third-order valence-electron chi connectivity index (χ3n) is 14.6. The Morgan fingerprint density at radius 1 is 0.449 bits per heavy atom. The highest BCUT2D eigenvalue weighted by Crippen LogP contribution is 2.43. The number of likely N-dealkylation sites (N-methyl/N-ethyl adjacent to an activating group) is 1. The average molecular weight is 1110 g/mol. The number of nitrogens with one attached hydrogen (secondary N) is 1. The van der Waals surface area contributed by atoms with Crippen LogP contribution < -0.4 is 5.32 Å². The van der Waals surface area contributed by atoms with Crippen LogP contribution in [0.1, 0.15) is 296 Å². The minimum atomic E-state index is -4.37. The monoisotopic (exact) mass is 1110 g/mol. The molecule has 9 heteroatoms. The van der Waals surface area contributed by atoms with Gasteiger partial charge in [0.25, 0.3) is 0 Å². The Labute approximate surface area is 484 Å². The van der Waals surface area contributed by atoms with Crippen molar-refractivity contribution in [3.05, 3.63) is 85.1 Å². The SMILES string of the molecule is CC/C=C\C/C=C\C/C=C\C/C=C\CCCCCCCCCCCCCCCCC(=O)NC(COP(=O)(O)OCC[N+](C)(C)C)C(O)/C=C/CC/C=C/CC/C=C/CCCCCCCCCCCCCCCCCCCCC. The number of allylic oxidation sites excluding steroid dienone is 13. The maximum absolute atomic E-state index is 13.0. The standard InChI is InChI=1S/C69H127N2O6P/c1-6-8-10-12-14-16-18-20-22-24-26-28-30-32-34-35-37-38-40-42-44-46-48-50-52-54-56-58-60-62-68(72)67(66-77-78(74,75)76-65-64-71(3,4)5)70-69(73)63-61-59-57-55-53-51-49-47-45-43-41-39-36-33-31-29-27-25-23-21-19-17-15-13-11-9-7-2/h9,11,15,17,21,23,27,29,44,46,52,54,60,62,67-68,72H,6-8,10,12-14,16,18-20,22,24-26,28,30-43,45,47-51,53,55-59,61,63-66H2,1-5H3,(H-,70,73,74,75)/p+1/b11-9-,17-15-,23-21-,29-27-,46-44+,54-52+,62-60+. The van der Waals surface area contributed by atoms with E-state index in [0.29, 0.717) is 17.4 Å². The first-order chi connectivity index (χ1) is 38.0. The lowest BCUT2D eigenvalue weighted by molar-refractivity contribution is -0.870. The van der Waals surface area contributed by atoms with Crippen LogP contribution in [0.25, 0.3) is 0 Å². The van der Waals surface area contributed by atoms with Gasteiger partial charge in [-0.3, -0.25) is 13.8 Å². The molecular formula is C69H128N2O6P+. The van der Waals surface area contributed by atoms with E-state index in [-0.39, 0.29) is 19.1 Å². The summed E-state index contributed by atoms with van der Waals surface area (Å²) < 4.78 is 23.8. The highest BCUT2D eigenvalue weighted by molar-refractivity contribution is 7.47. The van der Waals surface area contributed by atoms with E-state index in [1.807, 2.05) is 27.2 Å². The van der Waals surface area contributed by atoms with E-state index in [1.54, 1.807) is 6.08 Å². The van der Waals surface area contributed by atoms with E-state index in [0.717, 1.165) is 70.6 Å². The number of hydrogen-bond acceptors (Lipinski definition) is 5. The number of phosphoric acid groups is 1. The zero-order valence-corrected chi connectivity index (χ0v) is 52.8. The fourth-order valence-corrected chi connectivity index (χ4v) is 10.2. The summed E-state index contributed by atoms with van der Waals surface area (Å²) in [6.45, 7) is 4.70. The molecule has 0 saturated heterocycles. The van der Waals surface area contributed by atoms with Gasteiger partial charge in [-0.1, -0.05) is 292 Å². The molecule has 0 aliphatic carbocycles. The zero-order chi connectivity index (χ0) is 57.0. The number of hydrogen-bond donors (Lipinski definition) is 3. The molecule has 3 N–H and O–H groups in total. The summed E-state index contributed by atoms with van der Waals surface area (Å²) in [6.07, 6.45) is 84.4. The summed E-state index contributed by atoms with van der Waals surface area (Å²) in [7, 11) is 1.55. The second-order valence-electron chi connectivity index (χ2n) is 23.4. The molecule has 0 radical (unpaired) electrons. The first kappa shape index (κ1) is 75.7. The second-order valence-corrected chi connectivity index (χ2v) is 24.9. The summed E-state index contributed by atoms with van der Waals surface area (Å²) in [5, 5.41) is 14.0. The van der Waals surface area contributed by atoms with Crippen molar-refractivity contribution in [1.82, 2.24) is 5.32 Å². The summed E-state index contributed by atoms with van der Waals surface area (Å²) in [4.78, 5) is 23.4. The number of aliphatic hydroxyl groups is 1. The van der Waals surface area contributed by atoms with Gasteiger partial charge < -0.3 is 19.8 Å². The van der Waals surface area contributed by atoms with Crippen LogP contribution in [-0.4, -0.2) is 73.4 Å². The third kappa shape index (κ3) is 61.3. The number of aliphatic hydroxyl groups excluding tert-OH is 1. The molecule has 0 bridgehead atoms. The van der Waals surface area contributed by atoms with Crippen LogP contribution in [0, 0.1) is 0 Å². The predicted octanol–water partition coefficient (Wildman–Crippen LogP) is 20.8. The quantitative estimate of drug-likeness (QED) is 0.0243. The summed E-state index contributed by atoms with van der Waals surface area (Å²) in [5.41, 5.74) is 0. The topological polar surface area (TPSA) is 105 Å². The van der Waals surface area contributed by atoms with Gasteiger partial charge in [-0.05, 0) is 83.5 Å². The first-order valence-corrected chi connectivity index (χ1v) is 34.5. The normalized spacial score (nSPS) is 14.3. The third-order valence-corrected chi connectivity index (χ3v) is 15.6. The number of carbonyl (C=O) groups is 1.